The van der Waals surface area contributed by atoms with Gasteiger partial charge in [-0.25, -0.2) is 0 Å². The smallest absolute Gasteiger partial charge is 0.0598 e. The molecule has 0 aliphatic carbocycles. The van der Waals surface area contributed by atoms with E-state index in [2.05, 4.69) is 42.0 Å². The van der Waals surface area contributed by atoms with Crippen molar-refractivity contribution in [1.82, 2.24) is 10.3 Å². The van der Waals surface area contributed by atoms with Gasteiger partial charge in [-0.3, -0.25) is 9.19 Å². The molecule has 1 aromatic rings. The largest absolute Gasteiger partial charge is 0.368 e. The van der Waals surface area contributed by atoms with Crippen LogP contribution in [0.25, 0.3) is 0 Å². The van der Waals surface area contributed by atoms with Crippen molar-refractivity contribution in [2.75, 3.05) is 29.5 Å². The Balaban J connectivity index is 2.10. The van der Waals surface area contributed by atoms with Crippen LogP contribution in [0.3, 0.4) is 0 Å². The standard InChI is InChI=1S/C14H23N3OS/c1-14(2,3)16-10-12-4-5-15-11-13(12)17-6-8-19(18)9-7-17/h4-5,11,16H,6-10H2,1-3H3. The first-order valence-corrected chi connectivity index (χ1v) is 8.22. The number of nitrogens with zero attached hydrogens (tertiary/aromatic N) is 2. The highest BCUT2D eigenvalue weighted by atomic mass is 32.2. The molecule has 1 fully saturated rings. The number of rotatable bonds is 3. The molecule has 1 aromatic heterocycles. The van der Waals surface area contributed by atoms with Crippen molar-refractivity contribution < 1.29 is 4.21 Å². The molecule has 0 amide bonds. The number of anilines is 1. The SMILES string of the molecule is CC(C)(C)NCc1ccncc1N1CCS(=O)CC1. The van der Waals surface area contributed by atoms with Crippen LogP contribution < -0.4 is 10.2 Å². The summed E-state index contributed by atoms with van der Waals surface area (Å²) < 4.78 is 11.4. The second kappa shape index (κ2) is 6.01. The second-order valence-corrected chi connectivity index (χ2v) is 7.64. The van der Waals surface area contributed by atoms with E-state index in [4.69, 9.17) is 0 Å². The van der Waals surface area contributed by atoms with E-state index in [-0.39, 0.29) is 5.54 Å². The summed E-state index contributed by atoms with van der Waals surface area (Å²) in [7, 11) is -0.637. The van der Waals surface area contributed by atoms with Crippen LogP contribution in [0.5, 0.6) is 0 Å². The van der Waals surface area contributed by atoms with Crippen molar-refractivity contribution in [1.29, 1.82) is 0 Å². The van der Waals surface area contributed by atoms with Gasteiger partial charge in [-0.2, -0.15) is 0 Å². The molecule has 0 unspecified atom stereocenters. The molecule has 2 heterocycles. The monoisotopic (exact) mass is 281 g/mol. The first-order valence-electron chi connectivity index (χ1n) is 6.73. The Kier molecular flexibility index (Phi) is 4.58. The van der Waals surface area contributed by atoms with Gasteiger partial charge in [0, 0.05) is 53.7 Å². The highest BCUT2D eigenvalue weighted by Crippen LogP contribution is 2.21. The summed E-state index contributed by atoms with van der Waals surface area (Å²) in [6.45, 7) is 9.05. The van der Waals surface area contributed by atoms with Gasteiger partial charge in [0.25, 0.3) is 0 Å². The topological polar surface area (TPSA) is 45.2 Å². The van der Waals surface area contributed by atoms with Gasteiger partial charge >= 0.3 is 0 Å². The third-order valence-corrected chi connectivity index (χ3v) is 4.49. The molecule has 0 bridgehead atoms. The molecule has 1 N–H and O–H groups in total. The fraction of sp³-hybridized carbons (Fsp3) is 0.643. The van der Waals surface area contributed by atoms with Crippen LogP contribution in [-0.2, 0) is 17.3 Å². The minimum atomic E-state index is -0.637. The van der Waals surface area contributed by atoms with Crippen molar-refractivity contribution in [2.45, 2.75) is 32.9 Å². The molecule has 0 aromatic carbocycles. The summed E-state index contributed by atoms with van der Waals surface area (Å²) >= 11 is 0. The maximum absolute atomic E-state index is 11.4. The average Bonchev–Trinajstić information content (AvgIpc) is 2.37. The number of pyridine rings is 1. The zero-order valence-corrected chi connectivity index (χ0v) is 12.8. The van der Waals surface area contributed by atoms with Gasteiger partial charge in [-0.1, -0.05) is 0 Å². The zero-order valence-electron chi connectivity index (χ0n) is 12.0. The fourth-order valence-corrected chi connectivity index (χ4v) is 3.14. The molecule has 1 aliphatic rings. The van der Waals surface area contributed by atoms with Crippen molar-refractivity contribution in [3.05, 3.63) is 24.0 Å². The Hall–Kier alpha value is -0.940. The fourth-order valence-electron chi connectivity index (χ4n) is 2.09. The van der Waals surface area contributed by atoms with E-state index in [0.717, 1.165) is 31.1 Å². The summed E-state index contributed by atoms with van der Waals surface area (Å²) in [6.07, 6.45) is 3.76. The number of aromatic nitrogens is 1. The van der Waals surface area contributed by atoms with Crippen LogP contribution >= 0.6 is 0 Å². The number of hydrogen-bond donors (Lipinski definition) is 1. The maximum Gasteiger partial charge on any atom is 0.0598 e. The molecule has 0 spiro atoms. The predicted octanol–water partition coefficient (Wildman–Crippen LogP) is 1.54. The van der Waals surface area contributed by atoms with E-state index in [9.17, 15) is 4.21 Å². The molecular weight excluding hydrogens is 258 g/mol. The Bertz CT molecular complexity index is 446. The van der Waals surface area contributed by atoms with Gasteiger partial charge in [0.2, 0.25) is 0 Å². The average molecular weight is 281 g/mol. The van der Waals surface area contributed by atoms with E-state index >= 15 is 0 Å². The summed E-state index contributed by atoms with van der Waals surface area (Å²) in [5, 5.41) is 3.51. The molecule has 0 saturated carbocycles. The van der Waals surface area contributed by atoms with Crippen LogP contribution in [0.15, 0.2) is 18.5 Å². The lowest BCUT2D eigenvalue weighted by Gasteiger charge is -2.30. The first-order chi connectivity index (χ1) is 8.96. The number of nitrogens with one attached hydrogen (secondary N) is 1. The van der Waals surface area contributed by atoms with Gasteiger partial charge in [0.1, 0.15) is 0 Å². The minimum Gasteiger partial charge on any atom is -0.368 e. The molecule has 0 radical (unpaired) electrons. The van der Waals surface area contributed by atoms with Gasteiger partial charge in [-0.05, 0) is 32.4 Å². The summed E-state index contributed by atoms with van der Waals surface area (Å²) in [5.41, 5.74) is 2.54. The Morgan fingerprint density at radius 1 is 1.37 bits per heavy atom. The zero-order chi connectivity index (χ0) is 13.9. The third-order valence-electron chi connectivity index (χ3n) is 3.22. The van der Waals surface area contributed by atoms with Crippen molar-refractivity contribution in [3.63, 3.8) is 0 Å². The molecule has 106 valence electrons. The lowest BCUT2D eigenvalue weighted by Crippen LogP contribution is -2.39. The molecule has 1 aliphatic heterocycles. The summed E-state index contributed by atoms with van der Waals surface area (Å²) in [4.78, 5) is 6.54. The third kappa shape index (κ3) is 4.28. The van der Waals surface area contributed by atoms with E-state index in [1.165, 1.54) is 11.3 Å². The Morgan fingerprint density at radius 2 is 2.05 bits per heavy atom. The van der Waals surface area contributed by atoms with E-state index in [0.29, 0.717) is 0 Å². The van der Waals surface area contributed by atoms with Gasteiger partial charge in [-0.15, -0.1) is 0 Å². The van der Waals surface area contributed by atoms with Crippen LogP contribution in [-0.4, -0.2) is 39.3 Å². The maximum atomic E-state index is 11.4. The lowest BCUT2D eigenvalue weighted by molar-refractivity contribution is 0.424. The molecular formula is C14H23N3OS. The van der Waals surface area contributed by atoms with Crippen LogP contribution in [0.2, 0.25) is 0 Å². The molecule has 5 heteroatoms. The van der Waals surface area contributed by atoms with Crippen LogP contribution in [0.4, 0.5) is 5.69 Å². The lowest BCUT2D eigenvalue weighted by atomic mass is 10.1. The highest BCUT2D eigenvalue weighted by molar-refractivity contribution is 7.85. The Morgan fingerprint density at radius 3 is 2.68 bits per heavy atom. The molecule has 1 saturated heterocycles. The predicted molar refractivity (Wildman–Crippen MR) is 80.9 cm³/mol. The highest BCUT2D eigenvalue weighted by Gasteiger charge is 2.18. The first kappa shape index (κ1) is 14.5. The Labute approximate surface area is 118 Å². The normalized spacial score (nSPS) is 17.7. The summed E-state index contributed by atoms with van der Waals surface area (Å²) in [5.74, 6) is 1.53. The number of hydrogen-bond acceptors (Lipinski definition) is 4. The van der Waals surface area contributed by atoms with Crippen molar-refractivity contribution in [3.8, 4) is 0 Å². The van der Waals surface area contributed by atoms with E-state index < -0.39 is 10.8 Å². The molecule has 4 nitrogen and oxygen atoms in total. The summed E-state index contributed by atoms with van der Waals surface area (Å²) in [6, 6.07) is 2.07. The second-order valence-electron chi connectivity index (χ2n) is 5.94. The van der Waals surface area contributed by atoms with E-state index in [1.54, 1.807) is 0 Å². The van der Waals surface area contributed by atoms with Crippen LogP contribution in [0, 0.1) is 0 Å². The van der Waals surface area contributed by atoms with Crippen molar-refractivity contribution in [2.24, 2.45) is 0 Å². The van der Waals surface area contributed by atoms with Gasteiger partial charge in [0.05, 0.1) is 11.9 Å². The molecule has 19 heavy (non-hydrogen) atoms. The molecule has 0 atom stereocenters. The quantitative estimate of drug-likeness (QED) is 0.913. The van der Waals surface area contributed by atoms with E-state index in [1.807, 2.05) is 12.4 Å². The van der Waals surface area contributed by atoms with Crippen LogP contribution in [0.1, 0.15) is 26.3 Å². The van der Waals surface area contributed by atoms with Crippen molar-refractivity contribution >= 4 is 16.5 Å². The minimum absolute atomic E-state index is 0.101. The van der Waals surface area contributed by atoms with Gasteiger partial charge < -0.3 is 10.2 Å². The molecule has 2 rings (SSSR count). The van der Waals surface area contributed by atoms with Gasteiger partial charge in [0.15, 0.2) is 0 Å².